The molecule has 0 saturated carbocycles. The Kier molecular flexibility index (Phi) is 5.43. The SMILES string of the molecule is N#Cc1ccsc1C(=O)NCC(CO)Cc1ccccn1. The number of carbonyl (C=O) groups excluding carboxylic acids is 1. The fourth-order valence-electron chi connectivity index (χ4n) is 1.91. The van der Waals surface area contributed by atoms with Crippen molar-refractivity contribution in [3.63, 3.8) is 0 Å². The van der Waals surface area contributed by atoms with Crippen LogP contribution >= 0.6 is 11.3 Å². The Morgan fingerprint density at radius 1 is 1.48 bits per heavy atom. The fourth-order valence-corrected chi connectivity index (χ4v) is 2.67. The minimum absolute atomic E-state index is 0.0353. The Hall–Kier alpha value is -2.23. The number of nitrogens with one attached hydrogen (secondary N) is 1. The number of thiophene rings is 1. The van der Waals surface area contributed by atoms with Crippen molar-refractivity contribution in [2.24, 2.45) is 5.92 Å². The highest BCUT2D eigenvalue weighted by Crippen LogP contribution is 2.15. The maximum absolute atomic E-state index is 12.0. The molecule has 1 unspecified atom stereocenters. The van der Waals surface area contributed by atoms with Crippen LogP contribution in [0.15, 0.2) is 35.8 Å². The van der Waals surface area contributed by atoms with Crippen molar-refractivity contribution >= 4 is 17.2 Å². The molecule has 0 aliphatic carbocycles. The molecule has 0 bridgehead atoms. The van der Waals surface area contributed by atoms with E-state index in [0.717, 1.165) is 5.69 Å². The number of nitrogens with zero attached hydrogens (tertiary/aromatic N) is 2. The average Bonchev–Trinajstić information content (AvgIpc) is 3.00. The van der Waals surface area contributed by atoms with E-state index in [-0.39, 0.29) is 18.4 Å². The topological polar surface area (TPSA) is 86.0 Å². The van der Waals surface area contributed by atoms with Crippen molar-refractivity contribution in [1.82, 2.24) is 10.3 Å². The molecule has 0 radical (unpaired) electrons. The van der Waals surface area contributed by atoms with Crippen LogP contribution in [0.3, 0.4) is 0 Å². The number of carbonyl (C=O) groups is 1. The van der Waals surface area contributed by atoms with Crippen molar-refractivity contribution in [1.29, 1.82) is 5.26 Å². The largest absolute Gasteiger partial charge is 0.396 e. The number of pyridine rings is 1. The lowest BCUT2D eigenvalue weighted by atomic mass is 10.0. The summed E-state index contributed by atoms with van der Waals surface area (Å²) < 4.78 is 0. The molecule has 2 N–H and O–H groups in total. The Balaban J connectivity index is 1.91. The fraction of sp³-hybridized carbons (Fsp3) is 0.267. The van der Waals surface area contributed by atoms with Gasteiger partial charge in [-0.05, 0) is 30.0 Å². The van der Waals surface area contributed by atoms with E-state index in [9.17, 15) is 9.90 Å². The van der Waals surface area contributed by atoms with E-state index >= 15 is 0 Å². The number of nitriles is 1. The molecule has 2 heterocycles. The minimum atomic E-state index is -0.277. The van der Waals surface area contributed by atoms with Gasteiger partial charge in [-0.1, -0.05) is 6.07 Å². The number of amides is 1. The van der Waals surface area contributed by atoms with Gasteiger partial charge >= 0.3 is 0 Å². The first-order valence-corrected chi connectivity index (χ1v) is 7.39. The molecule has 0 aliphatic rings. The number of aliphatic hydroxyl groups is 1. The monoisotopic (exact) mass is 301 g/mol. The zero-order valence-corrected chi connectivity index (χ0v) is 12.1. The Morgan fingerprint density at radius 2 is 2.33 bits per heavy atom. The van der Waals surface area contributed by atoms with Crippen molar-refractivity contribution in [2.75, 3.05) is 13.2 Å². The molecule has 2 aromatic rings. The molecule has 0 spiro atoms. The zero-order valence-electron chi connectivity index (χ0n) is 11.3. The van der Waals surface area contributed by atoms with Gasteiger partial charge in [-0.25, -0.2) is 0 Å². The van der Waals surface area contributed by atoms with E-state index in [2.05, 4.69) is 10.3 Å². The predicted octanol–water partition coefficient (Wildman–Crippen LogP) is 1.60. The van der Waals surface area contributed by atoms with Gasteiger partial charge in [0, 0.05) is 31.0 Å². The van der Waals surface area contributed by atoms with Gasteiger partial charge in [0.25, 0.3) is 5.91 Å². The first kappa shape index (κ1) is 15.2. The second-order valence-electron chi connectivity index (χ2n) is 4.56. The summed E-state index contributed by atoms with van der Waals surface area (Å²) in [6.45, 7) is 0.307. The number of hydrogen-bond acceptors (Lipinski definition) is 5. The highest BCUT2D eigenvalue weighted by Gasteiger charge is 2.15. The summed E-state index contributed by atoms with van der Waals surface area (Å²) in [5, 5.41) is 22.8. The molecule has 0 fully saturated rings. The molecule has 0 saturated heterocycles. The van der Waals surface area contributed by atoms with E-state index in [4.69, 9.17) is 5.26 Å². The number of rotatable bonds is 6. The lowest BCUT2D eigenvalue weighted by molar-refractivity contribution is 0.0943. The van der Waals surface area contributed by atoms with Gasteiger partial charge in [-0.3, -0.25) is 9.78 Å². The summed E-state index contributed by atoms with van der Waals surface area (Å²) in [6.07, 6.45) is 2.29. The summed E-state index contributed by atoms with van der Waals surface area (Å²) in [4.78, 5) is 16.6. The molecule has 21 heavy (non-hydrogen) atoms. The highest BCUT2D eigenvalue weighted by atomic mass is 32.1. The maximum atomic E-state index is 12.0. The quantitative estimate of drug-likeness (QED) is 0.848. The molecule has 1 amide bonds. The van der Waals surface area contributed by atoms with Gasteiger partial charge in [0.1, 0.15) is 10.9 Å². The smallest absolute Gasteiger partial charge is 0.262 e. The van der Waals surface area contributed by atoms with E-state index in [1.54, 1.807) is 17.6 Å². The van der Waals surface area contributed by atoms with E-state index in [1.165, 1.54) is 11.3 Å². The highest BCUT2D eigenvalue weighted by molar-refractivity contribution is 7.12. The standard InChI is InChI=1S/C15H15N3O2S/c16-8-12-4-6-21-14(12)15(20)18-9-11(10-19)7-13-3-1-2-5-17-13/h1-6,11,19H,7,9-10H2,(H,18,20). The average molecular weight is 301 g/mol. The van der Waals surface area contributed by atoms with Crippen molar-refractivity contribution in [3.8, 4) is 6.07 Å². The first-order valence-electron chi connectivity index (χ1n) is 6.51. The third-order valence-electron chi connectivity index (χ3n) is 3.03. The molecule has 6 heteroatoms. The molecule has 1 atom stereocenters. The molecule has 108 valence electrons. The molecule has 0 aromatic carbocycles. The van der Waals surface area contributed by atoms with E-state index in [0.29, 0.717) is 23.4 Å². The third-order valence-corrected chi connectivity index (χ3v) is 3.94. The third kappa shape index (κ3) is 4.12. The Morgan fingerprint density at radius 3 is 3.00 bits per heavy atom. The van der Waals surface area contributed by atoms with Crippen molar-refractivity contribution in [3.05, 3.63) is 52.0 Å². The van der Waals surface area contributed by atoms with Gasteiger partial charge < -0.3 is 10.4 Å². The van der Waals surface area contributed by atoms with Gasteiger partial charge in [-0.2, -0.15) is 5.26 Å². The van der Waals surface area contributed by atoms with E-state index in [1.807, 2.05) is 24.3 Å². The van der Waals surface area contributed by atoms with Crippen LogP contribution < -0.4 is 5.32 Å². The molecular formula is C15H15N3O2S. The van der Waals surface area contributed by atoms with Crippen molar-refractivity contribution < 1.29 is 9.90 Å². The Bertz CT molecular complexity index is 634. The number of aromatic nitrogens is 1. The van der Waals surface area contributed by atoms with Gasteiger partial charge in [0.05, 0.1) is 5.56 Å². The lowest BCUT2D eigenvalue weighted by Crippen LogP contribution is -2.31. The molecule has 5 nitrogen and oxygen atoms in total. The molecule has 2 rings (SSSR count). The number of hydrogen-bond donors (Lipinski definition) is 2. The minimum Gasteiger partial charge on any atom is -0.396 e. The summed E-state index contributed by atoms with van der Waals surface area (Å²) in [5.74, 6) is -0.379. The second-order valence-corrected chi connectivity index (χ2v) is 5.48. The zero-order chi connectivity index (χ0) is 15.1. The van der Waals surface area contributed by atoms with Gasteiger partial charge in [-0.15, -0.1) is 11.3 Å². The van der Waals surface area contributed by atoms with Crippen LogP contribution in [0.1, 0.15) is 20.9 Å². The summed E-state index contributed by atoms with van der Waals surface area (Å²) >= 11 is 1.24. The first-order chi connectivity index (χ1) is 10.2. The van der Waals surface area contributed by atoms with Crippen LogP contribution in [-0.4, -0.2) is 29.1 Å². The van der Waals surface area contributed by atoms with Crippen LogP contribution in [0.2, 0.25) is 0 Å². The number of aliphatic hydroxyl groups excluding tert-OH is 1. The molecule has 2 aromatic heterocycles. The van der Waals surface area contributed by atoms with Crippen LogP contribution in [0.4, 0.5) is 0 Å². The molecule has 0 aliphatic heterocycles. The Labute approximate surface area is 126 Å². The maximum Gasteiger partial charge on any atom is 0.262 e. The van der Waals surface area contributed by atoms with Crippen LogP contribution in [0.5, 0.6) is 0 Å². The second kappa shape index (κ2) is 7.53. The summed E-state index contributed by atoms with van der Waals surface area (Å²) in [6, 6.07) is 9.22. The lowest BCUT2D eigenvalue weighted by Gasteiger charge is -2.14. The van der Waals surface area contributed by atoms with Gasteiger partial charge in [0.15, 0.2) is 0 Å². The van der Waals surface area contributed by atoms with Crippen LogP contribution in [0, 0.1) is 17.2 Å². The van der Waals surface area contributed by atoms with Crippen LogP contribution in [0.25, 0.3) is 0 Å². The normalized spacial score (nSPS) is 11.6. The van der Waals surface area contributed by atoms with Crippen molar-refractivity contribution in [2.45, 2.75) is 6.42 Å². The van der Waals surface area contributed by atoms with E-state index < -0.39 is 0 Å². The summed E-state index contributed by atoms with van der Waals surface area (Å²) in [7, 11) is 0. The predicted molar refractivity (Wildman–Crippen MR) is 79.9 cm³/mol. The molecular weight excluding hydrogens is 286 g/mol. The van der Waals surface area contributed by atoms with Crippen LogP contribution in [-0.2, 0) is 6.42 Å². The van der Waals surface area contributed by atoms with Gasteiger partial charge in [0.2, 0.25) is 0 Å². The summed E-state index contributed by atoms with van der Waals surface area (Å²) in [5.41, 5.74) is 1.25.